The van der Waals surface area contributed by atoms with Crippen molar-refractivity contribution < 1.29 is 8.76 Å². The molecule has 0 spiro atoms. The molecule has 1 aromatic carbocycles. The maximum Gasteiger partial charge on any atom is 0.186 e. The first-order valence-electron chi connectivity index (χ1n) is 3.98. The average molecular weight is 212 g/mol. The lowest BCUT2D eigenvalue weighted by atomic mass is 10.3. The van der Waals surface area contributed by atoms with Crippen molar-refractivity contribution in [2.24, 2.45) is 0 Å². The second-order valence-corrected chi connectivity index (χ2v) is 3.60. The van der Waals surface area contributed by atoms with Crippen LogP contribution in [0.15, 0.2) is 41.6 Å². The molecule has 0 aliphatic rings. The zero-order valence-corrected chi connectivity index (χ0v) is 8.60. The zero-order valence-electron chi connectivity index (χ0n) is 7.78. The van der Waals surface area contributed by atoms with Gasteiger partial charge in [0.1, 0.15) is 0 Å². The van der Waals surface area contributed by atoms with Gasteiger partial charge in [0.15, 0.2) is 11.1 Å². The number of hydrogen-bond acceptors (Lipinski definition) is 3. The lowest BCUT2D eigenvalue weighted by Gasteiger charge is -2.08. The second-order valence-electron chi connectivity index (χ2n) is 2.63. The van der Waals surface area contributed by atoms with E-state index in [9.17, 15) is 4.21 Å². The molecule has 0 saturated carbocycles. The molecule has 0 aliphatic heterocycles. The van der Waals surface area contributed by atoms with E-state index in [-0.39, 0.29) is 0 Å². The highest BCUT2D eigenvalue weighted by Crippen LogP contribution is 2.12. The summed E-state index contributed by atoms with van der Waals surface area (Å²) in [5, 5.41) is 5.81. The van der Waals surface area contributed by atoms with Crippen LogP contribution >= 0.6 is 0 Å². The lowest BCUT2D eigenvalue weighted by Crippen LogP contribution is -2.12. The van der Waals surface area contributed by atoms with Gasteiger partial charge in [-0.1, -0.05) is 6.58 Å². The summed E-state index contributed by atoms with van der Waals surface area (Å²) < 4.78 is 19.4. The Bertz CT molecular complexity index is 348. The first kappa shape index (κ1) is 10.7. The van der Waals surface area contributed by atoms with Gasteiger partial charge in [-0.15, -0.1) is 0 Å². The van der Waals surface area contributed by atoms with Crippen LogP contribution in [-0.4, -0.2) is 15.8 Å². The van der Waals surface area contributed by atoms with Gasteiger partial charge in [0.05, 0.1) is 10.7 Å². The highest BCUT2D eigenvalue weighted by molar-refractivity contribution is 7.79. The molecule has 76 valence electrons. The SMILES string of the molecule is C=C(NC)Nc1ccc(S(=O)O)cc1. The van der Waals surface area contributed by atoms with Gasteiger partial charge in [-0.2, -0.15) is 0 Å². The van der Waals surface area contributed by atoms with Gasteiger partial charge < -0.3 is 15.2 Å². The number of anilines is 1. The lowest BCUT2D eigenvalue weighted by molar-refractivity contribution is 0.564. The molecular weight excluding hydrogens is 200 g/mol. The summed E-state index contributed by atoms with van der Waals surface area (Å²) in [6.45, 7) is 3.69. The molecule has 5 heteroatoms. The molecule has 1 aromatic rings. The maximum absolute atomic E-state index is 10.7. The van der Waals surface area contributed by atoms with Crippen molar-refractivity contribution in [2.75, 3.05) is 12.4 Å². The molecule has 1 unspecified atom stereocenters. The topological polar surface area (TPSA) is 61.4 Å². The minimum Gasteiger partial charge on any atom is -0.375 e. The number of benzene rings is 1. The van der Waals surface area contributed by atoms with E-state index in [2.05, 4.69) is 17.2 Å². The van der Waals surface area contributed by atoms with Crippen LogP contribution in [0.3, 0.4) is 0 Å². The summed E-state index contributed by atoms with van der Waals surface area (Å²) in [6, 6.07) is 6.60. The van der Waals surface area contributed by atoms with E-state index in [1.807, 2.05) is 0 Å². The summed E-state index contributed by atoms with van der Waals surface area (Å²) in [5.41, 5.74) is 0.818. The molecule has 1 rings (SSSR count). The summed E-state index contributed by atoms with van der Waals surface area (Å²) in [6.07, 6.45) is 0. The van der Waals surface area contributed by atoms with E-state index < -0.39 is 11.1 Å². The third kappa shape index (κ3) is 2.86. The van der Waals surface area contributed by atoms with Crippen LogP contribution in [0.1, 0.15) is 0 Å². The highest BCUT2D eigenvalue weighted by atomic mass is 32.2. The minimum atomic E-state index is -1.92. The summed E-state index contributed by atoms with van der Waals surface area (Å²) >= 11 is -1.92. The van der Waals surface area contributed by atoms with Crippen molar-refractivity contribution in [3.8, 4) is 0 Å². The molecule has 0 fully saturated rings. The Morgan fingerprint density at radius 1 is 1.43 bits per heavy atom. The number of hydrogen-bond donors (Lipinski definition) is 3. The van der Waals surface area contributed by atoms with Gasteiger partial charge in [-0.3, -0.25) is 0 Å². The van der Waals surface area contributed by atoms with E-state index in [1.165, 1.54) is 0 Å². The monoisotopic (exact) mass is 212 g/mol. The normalized spacial score (nSPS) is 11.9. The van der Waals surface area contributed by atoms with E-state index in [4.69, 9.17) is 4.55 Å². The fourth-order valence-electron chi connectivity index (χ4n) is 0.891. The fourth-order valence-corrected chi connectivity index (χ4v) is 1.26. The zero-order chi connectivity index (χ0) is 10.6. The Labute approximate surface area is 85.3 Å². The Hall–Kier alpha value is -1.33. The van der Waals surface area contributed by atoms with E-state index in [1.54, 1.807) is 31.3 Å². The first-order chi connectivity index (χ1) is 6.63. The van der Waals surface area contributed by atoms with E-state index in [0.29, 0.717) is 10.7 Å². The molecule has 14 heavy (non-hydrogen) atoms. The molecule has 3 N–H and O–H groups in total. The Morgan fingerprint density at radius 2 is 2.00 bits per heavy atom. The smallest absolute Gasteiger partial charge is 0.186 e. The van der Waals surface area contributed by atoms with Gasteiger partial charge in [0, 0.05) is 12.7 Å². The van der Waals surface area contributed by atoms with Crippen LogP contribution in [-0.2, 0) is 11.1 Å². The summed E-state index contributed by atoms with van der Waals surface area (Å²) in [7, 11) is 1.76. The van der Waals surface area contributed by atoms with E-state index >= 15 is 0 Å². The quantitative estimate of drug-likeness (QED) is 0.660. The number of nitrogens with one attached hydrogen (secondary N) is 2. The van der Waals surface area contributed by atoms with Crippen molar-refractivity contribution in [3.63, 3.8) is 0 Å². The Kier molecular flexibility index (Phi) is 3.67. The highest BCUT2D eigenvalue weighted by Gasteiger charge is 1.99. The van der Waals surface area contributed by atoms with Crippen LogP contribution in [0.2, 0.25) is 0 Å². The molecule has 0 bridgehead atoms. The van der Waals surface area contributed by atoms with Gasteiger partial charge in [-0.25, -0.2) is 4.21 Å². The summed E-state index contributed by atoms with van der Waals surface area (Å²) in [4.78, 5) is 0.380. The molecule has 0 aromatic heterocycles. The minimum absolute atomic E-state index is 0.380. The standard InChI is InChI=1S/C9H12N2O2S/c1-7(10-2)11-8-3-5-9(6-4-8)14(12)13/h3-6,10-11H,1H2,2H3,(H,12,13). The van der Waals surface area contributed by atoms with Crippen molar-refractivity contribution >= 4 is 16.8 Å². The molecular formula is C9H12N2O2S. The van der Waals surface area contributed by atoms with Gasteiger partial charge >= 0.3 is 0 Å². The van der Waals surface area contributed by atoms with Gasteiger partial charge in [0.25, 0.3) is 0 Å². The summed E-state index contributed by atoms with van der Waals surface area (Å²) in [5.74, 6) is 0.669. The maximum atomic E-state index is 10.7. The Balaban J connectivity index is 2.73. The fraction of sp³-hybridized carbons (Fsp3) is 0.111. The van der Waals surface area contributed by atoms with Crippen molar-refractivity contribution in [1.29, 1.82) is 0 Å². The first-order valence-corrected chi connectivity index (χ1v) is 5.09. The second kappa shape index (κ2) is 4.78. The van der Waals surface area contributed by atoms with Crippen LogP contribution in [0.4, 0.5) is 5.69 Å². The third-order valence-corrected chi connectivity index (χ3v) is 2.33. The van der Waals surface area contributed by atoms with Crippen LogP contribution < -0.4 is 10.6 Å². The van der Waals surface area contributed by atoms with Crippen LogP contribution in [0.25, 0.3) is 0 Å². The van der Waals surface area contributed by atoms with Crippen LogP contribution in [0, 0.1) is 0 Å². The van der Waals surface area contributed by atoms with Crippen LogP contribution in [0.5, 0.6) is 0 Å². The molecule has 0 radical (unpaired) electrons. The number of rotatable bonds is 4. The molecule has 0 amide bonds. The molecule has 0 heterocycles. The predicted molar refractivity (Wildman–Crippen MR) is 57.3 cm³/mol. The molecule has 1 atom stereocenters. The molecule has 0 aliphatic carbocycles. The van der Waals surface area contributed by atoms with Gasteiger partial charge in [0.2, 0.25) is 0 Å². The van der Waals surface area contributed by atoms with Crippen molar-refractivity contribution in [2.45, 2.75) is 4.90 Å². The van der Waals surface area contributed by atoms with Crippen molar-refractivity contribution in [1.82, 2.24) is 5.32 Å². The van der Waals surface area contributed by atoms with Crippen molar-refractivity contribution in [3.05, 3.63) is 36.7 Å². The molecule has 4 nitrogen and oxygen atoms in total. The Morgan fingerprint density at radius 3 is 2.43 bits per heavy atom. The van der Waals surface area contributed by atoms with E-state index in [0.717, 1.165) is 5.69 Å². The van der Waals surface area contributed by atoms with Gasteiger partial charge in [-0.05, 0) is 24.3 Å². The average Bonchev–Trinajstić information content (AvgIpc) is 2.18. The predicted octanol–water partition coefficient (Wildman–Crippen LogP) is 1.37. The third-order valence-electron chi connectivity index (χ3n) is 1.65. The largest absolute Gasteiger partial charge is 0.375 e. The molecule has 0 saturated heterocycles.